The summed E-state index contributed by atoms with van der Waals surface area (Å²) in [6.45, 7) is 2.98. The number of fused-ring (bicyclic) bond motifs is 1. The van der Waals surface area contributed by atoms with E-state index in [9.17, 15) is 9.18 Å². The molecule has 0 aromatic heterocycles. The zero-order valence-corrected chi connectivity index (χ0v) is 12.1. The maximum atomic E-state index is 12.8. The molecule has 1 amide bonds. The molecule has 2 atom stereocenters. The molecule has 2 fully saturated rings. The van der Waals surface area contributed by atoms with Crippen molar-refractivity contribution >= 4 is 5.91 Å². The highest BCUT2D eigenvalue weighted by atomic mass is 19.1. The fraction of sp³-hybridized carbons (Fsp3) is 0.562. The molecule has 5 heteroatoms. The van der Waals surface area contributed by atoms with Gasteiger partial charge in [-0.2, -0.15) is 0 Å². The molecule has 0 unspecified atom stereocenters. The van der Waals surface area contributed by atoms with Crippen molar-refractivity contribution in [2.24, 2.45) is 17.1 Å². The molecule has 0 spiro atoms. The number of carbonyl (C=O) groups excluding carboxylic acids is 1. The first-order valence-corrected chi connectivity index (χ1v) is 7.51. The van der Waals surface area contributed by atoms with Crippen LogP contribution >= 0.6 is 0 Å². The van der Waals surface area contributed by atoms with Gasteiger partial charge in [0, 0.05) is 19.6 Å². The highest BCUT2D eigenvalue weighted by Crippen LogP contribution is 2.48. The van der Waals surface area contributed by atoms with Crippen LogP contribution in [-0.2, 0) is 4.79 Å². The van der Waals surface area contributed by atoms with E-state index in [0.717, 1.165) is 38.9 Å². The van der Waals surface area contributed by atoms with Gasteiger partial charge in [-0.3, -0.25) is 9.69 Å². The molecular weight excluding hydrogens is 271 g/mol. The second-order valence-corrected chi connectivity index (χ2v) is 6.15. The monoisotopic (exact) mass is 292 g/mol. The van der Waals surface area contributed by atoms with Crippen LogP contribution < -0.4 is 10.5 Å². The van der Waals surface area contributed by atoms with Crippen molar-refractivity contribution in [1.82, 2.24) is 4.90 Å². The first kappa shape index (κ1) is 14.3. The smallest absolute Gasteiger partial charge is 0.225 e. The van der Waals surface area contributed by atoms with Crippen LogP contribution in [0.2, 0.25) is 0 Å². The topological polar surface area (TPSA) is 55.6 Å². The lowest BCUT2D eigenvalue weighted by Gasteiger charge is -2.24. The van der Waals surface area contributed by atoms with E-state index in [2.05, 4.69) is 4.90 Å². The van der Waals surface area contributed by atoms with Gasteiger partial charge in [-0.1, -0.05) is 6.42 Å². The van der Waals surface area contributed by atoms with Crippen molar-refractivity contribution < 1.29 is 13.9 Å². The standard InChI is InChI=1S/C16H21FN2O2/c17-13-3-5-14(6-4-13)21-9-8-19-10-12-2-1-7-16(12,11-19)15(18)20/h3-6,12H,1-2,7-11H2,(H2,18,20)/t12-,16-/m0/s1. The average molecular weight is 292 g/mol. The number of halogens is 1. The van der Waals surface area contributed by atoms with Gasteiger partial charge in [0.05, 0.1) is 5.41 Å². The SMILES string of the molecule is NC(=O)[C@]12CCC[C@H]1CN(CCOc1ccc(F)cc1)C2. The van der Waals surface area contributed by atoms with Crippen LogP contribution in [-0.4, -0.2) is 37.0 Å². The number of nitrogens with two attached hydrogens (primary N) is 1. The number of likely N-dealkylation sites (tertiary alicyclic amines) is 1. The number of hydrogen-bond acceptors (Lipinski definition) is 3. The molecule has 4 nitrogen and oxygen atoms in total. The van der Waals surface area contributed by atoms with Crippen molar-refractivity contribution in [1.29, 1.82) is 0 Å². The number of benzene rings is 1. The van der Waals surface area contributed by atoms with Crippen LogP contribution in [0.25, 0.3) is 0 Å². The normalized spacial score (nSPS) is 28.5. The third-order valence-electron chi connectivity index (χ3n) is 4.92. The highest BCUT2D eigenvalue weighted by Gasteiger charge is 2.53. The Morgan fingerprint density at radius 2 is 2.19 bits per heavy atom. The summed E-state index contributed by atoms with van der Waals surface area (Å²) in [5.74, 6) is 0.659. The van der Waals surface area contributed by atoms with Gasteiger partial charge >= 0.3 is 0 Å². The number of carbonyl (C=O) groups is 1. The Kier molecular flexibility index (Phi) is 3.85. The van der Waals surface area contributed by atoms with E-state index in [0.29, 0.717) is 18.3 Å². The fourth-order valence-corrected chi connectivity index (χ4v) is 3.79. The summed E-state index contributed by atoms with van der Waals surface area (Å²) in [6.07, 6.45) is 3.12. The number of nitrogens with zero attached hydrogens (tertiary/aromatic N) is 1. The van der Waals surface area contributed by atoms with Gasteiger partial charge in [-0.15, -0.1) is 0 Å². The van der Waals surface area contributed by atoms with Crippen LogP contribution in [0, 0.1) is 17.2 Å². The van der Waals surface area contributed by atoms with E-state index in [-0.39, 0.29) is 17.1 Å². The summed E-state index contributed by atoms with van der Waals surface area (Å²) in [5.41, 5.74) is 5.33. The maximum absolute atomic E-state index is 12.8. The first-order chi connectivity index (χ1) is 10.1. The zero-order chi connectivity index (χ0) is 14.9. The minimum atomic E-state index is -0.310. The summed E-state index contributed by atoms with van der Waals surface area (Å²) in [4.78, 5) is 14.1. The molecule has 1 saturated carbocycles. The molecule has 1 heterocycles. The summed E-state index contributed by atoms with van der Waals surface area (Å²) >= 11 is 0. The Hall–Kier alpha value is -1.62. The quantitative estimate of drug-likeness (QED) is 0.900. The lowest BCUT2D eigenvalue weighted by molar-refractivity contribution is -0.128. The largest absolute Gasteiger partial charge is 0.492 e. The Morgan fingerprint density at radius 3 is 2.86 bits per heavy atom. The second-order valence-electron chi connectivity index (χ2n) is 6.15. The fourth-order valence-electron chi connectivity index (χ4n) is 3.79. The summed E-state index contributed by atoms with van der Waals surface area (Å²) in [7, 11) is 0. The summed E-state index contributed by atoms with van der Waals surface area (Å²) < 4.78 is 18.4. The molecule has 0 radical (unpaired) electrons. The van der Waals surface area contributed by atoms with E-state index in [1.807, 2.05) is 0 Å². The van der Waals surface area contributed by atoms with E-state index in [4.69, 9.17) is 10.5 Å². The van der Waals surface area contributed by atoms with Crippen molar-refractivity contribution in [3.8, 4) is 5.75 Å². The van der Waals surface area contributed by atoms with Gasteiger partial charge in [0.25, 0.3) is 0 Å². The van der Waals surface area contributed by atoms with Gasteiger partial charge in [0.1, 0.15) is 18.2 Å². The number of ether oxygens (including phenoxy) is 1. The third kappa shape index (κ3) is 2.75. The number of hydrogen-bond donors (Lipinski definition) is 1. The Bertz CT molecular complexity index is 520. The lowest BCUT2D eigenvalue weighted by Crippen LogP contribution is -2.41. The van der Waals surface area contributed by atoms with Crippen molar-refractivity contribution in [2.45, 2.75) is 19.3 Å². The van der Waals surface area contributed by atoms with Gasteiger partial charge in [-0.25, -0.2) is 4.39 Å². The van der Waals surface area contributed by atoms with E-state index in [1.165, 1.54) is 12.1 Å². The van der Waals surface area contributed by atoms with Crippen LogP contribution in [0.15, 0.2) is 24.3 Å². The summed E-state index contributed by atoms with van der Waals surface area (Å²) in [5, 5.41) is 0. The molecule has 1 aromatic rings. The summed E-state index contributed by atoms with van der Waals surface area (Å²) in [6, 6.07) is 6.02. The number of primary amides is 1. The molecule has 1 aliphatic heterocycles. The predicted octanol–water partition coefficient (Wildman–Crippen LogP) is 1.79. The van der Waals surface area contributed by atoms with Gasteiger partial charge in [0.15, 0.2) is 0 Å². The van der Waals surface area contributed by atoms with E-state index >= 15 is 0 Å². The minimum Gasteiger partial charge on any atom is -0.492 e. The molecule has 2 N–H and O–H groups in total. The molecule has 21 heavy (non-hydrogen) atoms. The van der Waals surface area contributed by atoms with E-state index in [1.54, 1.807) is 12.1 Å². The van der Waals surface area contributed by atoms with Crippen molar-refractivity contribution in [3.63, 3.8) is 0 Å². The first-order valence-electron chi connectivity index (χ1n) is 7.51. The minimum absolute atomic E-state index is 0.146. The van der Waals surface area contributed by atoms with Crippen LogP contribution in [0.1, 0.15) is 19.3 Å². The lowest BCUT2D eigenvalue weighted by atomic mass is 9.80. The van der Waals surface area contributed by atoms with Crippen LogP contribution in [0.4, 0.5) is 4.39 Å². The Labute approximate surface area is 124 Å². The van der Waals surface area contributed by atoms with Gasteiger partial charge in [0.2, 0.25) is 5.91 Å². The van der Waals surface area contributed by atoms with Crippen molar-refractivity contribution in [2.75, 3.05) is 26.2 Å². The number of amides is 1. The molecule has 3 rings (SSSR count). The van der Waals surface area contributed by atoms with E-state index < -0.39 is 0 Å². The van der Waals surface area contributed by atoms with Gasteiger partial charge in [-0.05, 0) is 43.0 Å². The molecule has 1 aromatic carbocycles. The predicted molar refractivity (Wildman–Crippen MR) is 77.3 cm³/mol. The average Bonchev–Trinajstić information content (AvgIpc) is 2.98. The molecule has 1 saturated heterocycles. The zero-order valence-electron chi connectivity index (χ0n) is 12.1. The number of rotatable bonds is 5. The van der Waals surface area contributed by atoms with Crippen LogP contribution in [0.5, 0.6) is 5.75 Å². The van der Waals surface area contributed by atoms with Crippen LogP contribution in [0.3, 0.4) is 0 Å². The third-order valence-corrected chi connectivity index (χ3v) is 4.92. The molecule has 2 aliphatic rings. The van der Waals surface area contributed by atoms with Crippen molar-refractivity contribution in [3.05, 3.63) is 30.1 Å². The molecule has 114 valence electrons. The highest BCUT2D eigenvalue weighted by molar-refractivity contribution is 5.82. The molecular formula is C16H21FN2O2. The van der Waals surface area contributed by atoms with Gasteiger partial charge < -0.3 is 10.5 Å². The molecule has 0 bridgehead atoms. The maximum Gasteiger partial charge on any atom is 0.225 e. The Balaban J connectivity index is 1.51. The Morgan fingerprint density at radius 1 is 1.43 bits per heavy atom. The second kappa shape index (κ2) is 5.64. The molecule has 1 aliphatic carbocycles.